The second-order valence-corrected chi connectivity index (χ2v) is 5.18. The first kappa shape index (κ1) is 18.2. The van der Waals surface area contributed by atoms with Crippen LogP contribution in [0.5, 0.6) is 0 Å². The molecule has 1 atom stereocenters. The van der Waals surface area contributed by atoms with Crippen molar-refractivity contribution in [2.45, 2.75) is 45.1 Å². The van der Waals surface area contributed by atoms with Gasteiger partial charge >= 0.3 is 0 Å². The smallest absolute Gasteiger partial charge is 0.239 e. The van der Waals surface area contributed by atoms with Gasteiger partial charge in [-0.3, -0.25) is 9.59 Å². The fourth-order valence-electron chi connectivity index (χ4n) is 2.48. The van der Waals surface area contributed by atoms with Crippen LogP contribution in [0.1, 0.15) is 39.0 Å². The summed E-state index contributed by atoms with van der Waals surface area (Å²) >= 11 is 0. The van der Waals surface area contributed by atoms with Crippen LogP contribution in [0, 0.1) is 5.92 Å². The fraction of sp³-hybridized carbons (Fsp3) is 0.846. The first-order valence-electron chi connectivity index (χ1n) is 6.75. The number of rotatable bonds is 5. The standard InChI is InChI=1S/C13H25N3O2.ClH/c1-10(17)16(2)9-13(18)15-12(8-14)11-6-4-3-5-7-11;/h11-12H,3-9,14H2,1-2H3,(H,15,18);1H. The van der Waals surface area contributed by atoms with Crippen molar-refractivity contribution in [3.8, 4) is 0 Å². The molecule has 112 valence electrons. The summed E-state index contributed by atoms with van der Waals surface area (Å²) < 4.78 is 0. The number of hydrogen-bond donors (Lipinski definition) is 2. The van der Waals surface area contributed by atoms with E-state index in [4.69, 9.17) is 5.73 Å². The minimum absolute atomic E-state index is 0. The van der Waals surface area contributed by atoms with Crippen LogP contribution in [0.15, 0.2) is 0 Å². The quantitative estimate of drug-likeness (QED) is 0.790. The zero-order chi connectivity index (χ0) is 13.5. The molecule has 1 fully saturated rings. The molecular weight excluding hydrogens is 266 g/mol. The Morgan fingerprint density at radius 1 is 1.32 bits per heavy atom. The van der Waals surface area contributed by atoms with Gasteiger partial charge in [-0.2, -0.15) is 0 Å². The van der Waals surface area contributed by atoms with Crippen LogP contribution in [0.2, 0.25) is 0 Å². The number of carbonyl (C=O) groups excluding carboxylic acids is 2. The lowest BCUT2D eigenvalue weighted by molar-refractivity contribution is -0.133. The van der Waals surface area contributed by atoms with E-state index < -0.39 is 0 Å². The molecule has 2 amide bonds. The van der Waals surface area contributed by atoms with Crippen molar-refractivity contribution < 1.29 is 9.59 Å². The molecule has 0 aromatic rings. The second-order valence-electron chi connectivity index (χ2n) is 5.18. The van der Waals surface area contributed by atoms with Gasteiger partial charge in [0.25, 0.3) is 0 Å². The van der Waals surface area contributed by atoms with E-state index in [9.17, 15) is 9.59 Å². The number of hydrogen-bond acceptors (Lipinski definition) is 3. The Balaban J connectivity index is 0.00000324. The zero-order valence-electron chi connectivity index (χ0n) is 11.9. The van der Waals surface area contributed by atoms with Crippen LogP contribution >= 0.6 is 12.4 Å². The van der Waals surface area contributed by atoms with Crippen molar-refractivity contribution in [3.63, 3.8) is 0 Å². The Morgan fingerprint density at radius 3 is 2.37 bits per heavy atom. The molecular formula is C13H26ClN3O2. The van der Waals surface area contributed by atoms with Gasteiger partial charge in [-0.25, -0.2) is 0 Å². The first-order valence-corrected chi connectivity index (χ1v) is 6.75. The molecule has 1 unspecified atom stereocenters. The van der Waals surface area contributed by atoms with Crippen molar-refractivity contribution in [3.05, 3.63) is 0 Å². The Kier molecular flexibility index (Phi) is 8.76. The second kappa shape index (κ2) is 9.15. The lowest BCUT2D eigenvalue weighted by Crippen LogP contribution is -2.49. The van der Waals surface area contributed by atoms with Crippen molar-refractivity contribution in [2.24, 2.45) is 11.7 Å². The number of nitrogens with zero attached hydrogens (tertiary/aromatic N) is 1. The van der Waals surface area contributed by atoms with E-state index in [0.717, 1.165) is 12.8 Å². The van der Waals surface area contributed by atoms with Gasteiger partial charge in [-0.05, 0) is 18.8 Å². The maximum Gasteiger partial charge on any atom is 0.239 e. The van der Waals surface area contributed by atoms with Gasteiger partial charge in [-0.15, -0.1) is 12.4 Å². The van der Waals surface area contributed by atoms with Crippen molar-refractivity contribution in [1.82, 2.24) is 10.2 Å². The van der Waals surface area contributed by atoms with E-state index in [2.05, 4.69) is 5.32 Å². The number of amides is 2. The lowest BCUT2D eigenvalue weighted by atomic mass is 9.84. The summed E-state index contributed by atoms with van der Waals surface area (Å²) in [7, 11) is 1.62. The third kappa shape index (κ3) is 6.25. The lowest BCUT2D eigenvalue weighted by Gasteiger charge is -2.30. The van der Waals surface area contributed by atoms with Crippen LogP contribution in [0.4, 0.5) is 0 Å². The normalized spacial score (nSPS) is 17.2. The van der Waals surface area contributed by atoms with Gasteiger partial charge in [-0.1, -0.05) is 19.3 Å². The predicted octanol–water partition coefficient (Wildman–Crippen LogP) is 0.910. The molecule has 1 saturated carbocycles. The van der Waals surface area contributed by atoms with Crippen molar-refractivity contribution in [1.29, 1.82) is 0 Å². The van der Waals surface area contributed by atoms with Gasteiger partial charge in [0.05, 0.1) is 6.54 Å². The van der Waals surface area contributed by atoms with Gasteiger partial charge in [0.1, 0.15) is 0 Å². The monoisotopic (exact) mass is 291 g/mol. The maximum atomic E-state index is 11.8. The number of halogens is 1. The zero-order valence-corrected chi connectivity index (χ0v) is 12.7. The number of nitrogens with two attached hydrogens (primary N) is 1. The molecule has 1 aliphatic rings. The highest BCUT2D eigenvalue weighted by Gasteiger charge is 2.24. The summed E-state index contributed by atoms with van der Waals surface area (Å²) in [5.74, 6) is 0.274. The van der Waals surface area contributed by atoms with Crippen LogP contribution < -0.4 is 11.1 Å². The van der Waals surface area contributed by atoms with E-state index in [1.165, 1.54) is 31.1 Å². The highest BCUT2D eigenvalue weighted by molar-refractivity contribution is 5.85. The van der Waals surface area contributed by atoms with Crippen LogP contribution in [-0.4, -0.2) is 42.9 Å². The van der Waals surface area contributed by atoms with E-state index in [1.54, 1.807) is 7.05 Å². The molecule has 0 spiro atoms. The molecule has 19 heavy (non-hydrogen) atoms. The molecule has 3 N–H and O–H groups in total. The summed E-state index contributed by atoms with van der Waals surface area (Å²) in [5.41, 5.74) is 5.75. The maximum absolute atomic E-state index is 11.8. The molecule has 0 radical (unpaired) electrons. The van der Waals surface area contributed by atoms with E-state index >= 15 is 0 Å². The van der Waals surface area contributed by atoms with Gasteiger partial charge < -0.3 is 16.0 Å². The van der Waals surface area contributed by atoms with E-state index in [1.807, 2.05) is 0 Å². The van der Waals surface area contributed by atoms with Crippen molar-refractivity contribution >= 4 is 24.2 Å². The third-order valence-corrected chi connectivity index (χ3v) is 3.74. The Morgan fingerprint density at radius 2 is 1.89 bits per heavy atom. The van der Waals surface area contributed by atoms with Gasteiger partial charge in [0, 0.05) is 26.6 Å². The Bertz CT molecular complexity index is 294. The van der Waals surface area contributed by atoms with Gasteiger partial charge in [0.15, 0.2) is 0 Å². The minimum Gasteiger partial charge on any atom is -0.350 e. The fourth-order valence-corrected chi connectivity index (χ4v) is 2.48. The van der Waals surface area contributed by atoms with Crippen LogP contribution in [0.25, 0.3) is 0 Å². The largest absolute Gasteiger partial charge is 0.350 e. The summed E-state index contributed by atoms with van der Waals surface area (Å²) in [5, 5.41) is 2.96. The van der Waals surface area contributed by atoms with Crippen molar-refractivity contribution in [2.75, 3.05) is 20.1 Å². The molecule has 1 aliphatic carbocycles. The highest BCUT2D eigenvalue weighted by Crippen LogP contribution is 2.26. The predicted molar refractivity (Wildman–Crippen MR) is 78.1 cm³/mol. The number of likely N-dealkylation sites (N-methyl/N-ethyl adjacent to an activating group) is 1. The third-order valence-electron chi connectivity index (χ3n) is 3.74. The summed E-state index contributed by atoms with van der Waals surface area (Å²) in [6, 6.07) is 0.0539. The summed E-state index contributed by atoms with van der Waals surface area (Å²) in [4.78, 5) is 24.3. The average molecular weight is 292 g/mol. The van der Waals surface area contributed by atoms with Crippen LogP contribution in [0.3, 0.4) is 0 Å². The van der Waals surface area contributed by atoms with Crippen LogP contribution in [-0.2, 0) is 9.59 Å². The molecule has 1 rings (SSSR count). The molecule has 0 aromatic carbocycles. The van der Waals surface area contributed by atoms with E-state index in [0.29, 0.717) is 12.5 Å². The molecule has 0 aliphatic heterocycles. The molecule has 0 aromatic heterocycles. The molecule has 5 nitrogen and oxygen atoms in total. The number of nitrogens with one attached hydrogen (secondary N) is 1. The Labute approximate surface area is 121 Å². The Hall–Kier alpha value is -0.810. The average Bonchev–Trinajstić information content (AvgIpc) is 2.36. The summed E-state index contributed by atoms with van der Waals surface area (Å²) in [6.45, 7) is 2.04. The topological polar surface area (TPSA) is 75.4 Å². The molecule has 0 saturated heterocycles. The SMILES string of the molecule is CC(=O)N(C)CC(=O)NC(CN)C1CCCCC1.Cl. The minimum atomic E-state index is -0.117. The highest BCUT2D eigenvalue weighted by atomic mass is 35.5. The molecule has 6 heteroatoms. The summed E-state index contributed by atoms with van der Waals surface area (Å²) in [6.07, 6.45) is 6.03. The number of carbonyl (C=O) groups is 2. The van der Waals surface area contributed by atoms with E-state index in [-0.39, 0.29) is 36.8 Å². The van der Waals surface area contributed by atoms with Gasteiger partial charge in [0.2, 0.25) is 11.8 Å². The molecule has 0 heterocycles. The molecule has 0 bridgehead atoms. The first-order chi connectivity index (χ1) is 8.54.